The highest BCUT2D eigenvalue weighted by Crippen LogP contribution is 2.31. The summed E-state index contributed by atoms with van der Waals surface area (Å²) in [6, 6.07) is 22.6. The third-order valence-electron chi connectivity index (χ3n) is 5.55. The van der Waals surface area contributed by atoms with Crippen molar-refractivity contribution in [2.24, 2.45) is 5.10 Å². The zero-order chi connectivity index (χ0) is 26.9. The molecule has 2 N–H and O–H groups in total. The fourth-order valence-corrected chi connectivity index (χ4v) is 4.30. The lowest BCUT2D eigenvalue weighted by molar-refractivity contribution is -0.120. The molecule has 0 aliphatic rings. The highest BCUT2D eigenvalue weighted by Gasteiger charge is 2.14. The molecule has 0 spiro atoms. The Morgan fingerprint density at radius 2 is 1.79 bits per heavy atom. The maximum Gasteiger partial charge on any atom is 0.257 e. The van der Waals surface area contributed by atoms with Crippen molar-refractivity contribution >= 4 is 34.5 Å². The Morgan fingerprint density at radius 1 is 1.03 bits per heavy atom. The van der Waals surface area contributed by atoms with Crippen molar-refractivity contribution in [1.82, 2.24) is 15.6 Å². The summed E-state index contributed by atoms with van der Waals surface area (Å²) in [5.41, 5.74) is 5.66. The average Bonchev–Trinajstić information content (AvgIpc) is 3.36. The van der Waals surface area contributed by atoms with Crippen molar-refractivity contribution in [2.45, 2.75) is 26.4 Å². The zero-order valence-electron chi connectivity index (χ0n) is 21.2. The third-order valence-corrected chi connectivity index (χ3v) is 6.39. The largest absolute Gasteiger partial charge is 0.493 e. The molecule has 0 radical (unpaired) electrons. The Kier molecular flexibility index (Phi) is 8.78. The summed E-state index contributed by atoms with van der Waals surface area (Å²) in [5, 5.41) is 15.4. The zero-order valence-corrected chi connectivity index (χ0v) is 22.0. The van der Waals surface area contributed by atoms with Gasteiger partial charge in [0, 0.05) is 5.56 Å². The van der Waals surface area contributed by atoms with Crippen molar-refractivity contribution in [3.05, 3.63) is 100 Å². The Hall–Kier alpha value is -4.57. The lowest BCUT2D eigenvalue weighted by Gasteiger charge is -2.17. The highest BCUT2D eigenvalue weighted by atomic mass is 32.1. The van der Waals surface area contributed by atoms with Crippen LogP contribution in [0.4, 0.5) is 5.13 Å². The van der Waals surface area contributed by atoms with Gasteiger partial charge in [-0.25, -0.2) is 5.43 Å². The molecule has 10 heteroatoms. The van der Waals surface area contributed by atoms with Crippen LogP contribution in [0, 0.1) is 6.92 Å². The number of hydrazone groups is 1. The van der Waals surface area contributed by atoms with Crippen LogP contribution in [0.25, 0.3) is 0 Å². The summed E-state index contributed by atoms with van der Waals surface area (Å²) in [6.45, 7) is 3.83. The van der Waals surface area contributed by atoms with Gasteiger partial charge >= 0.3 is 0 Å². The first-order chi connectivity index (χ1) is 18.4. The van der Waals surface area contributed by atoms with Crippen LogP contribution in [-0.2, 0) is 11.2 Å². The number of carbonyl (C=O) groups excluding carboxylic acids is 2. The highest BCUT2D eigenvalue weighted by molar-refractivity contribution is 7.15. The minimum absolute atomic E-state index is 0.0251. The second kappa shape index (κ2) is 12.6. The van der Waals surface area contributed by atoms with E-state index < -0.39 is 0 Å². The molecule has 0 saturated heterocycles. The van der Waals surface area contributed by atoms with Gasteiger partial charge in [0.1, 0.15) is 11.1 Å². The van der Waals surface area contributed by atoms with Gasteiger partial charge in [-0.1, -0.05) is 59.9 Å². The first-order valence-electron chi connectivity index (χ1n) is 11.8. The van der Waals surface area contributed by atoms with Crippen LogP contribution < -0.4 is 20.2 Å². The fraction of sp³-hybridized carbons (Fsp3) is 0.179. The Labute approximate surface area is 224 Å². The minimum Gasteiger partial charge on any atom is -0.493 e. The summed E-state index contributed by atoms with van der Waals surface area (Å²) < 4.78 is 11.5. The number of hydrogen-bond acceptors (Lipinski definition) is 8. The number of rotatable bonds is 10. The van der Waals surface area contributed by atoms with Crippen molar-refractivity contribution in [3.8, 4) is 11.5 Å². The number of hydrogen-bond donors (Lipinski definition) is 2. The molecule has 0 aliphatic heterocycles. The number of nitrogens with one attached hydrogen (secondary N) is 2. The third kappa shape index (κ3) is 7.01. The number of methoxy groups -OCH3 is 1. The van der Waals surface area contributed by atoms with Gasteiger partial charge in [-0.15, -0.1) is 10.2 Å². The number of carbonyl (C=O) groups is 2. The van der Waals surface area contributed by atoms with Crippen LogP contribution in [0.5, 0.6) is 11.5 Å². The Balaban J connectivity index is 1.30. The molecule has 38 heavy (non-hydrogen) atoms. The molecule has 4 aromatic rings. The second-order valence-electron chi connectivity index (χ2n) is 8.32. The van der Waals surface area contributed by atoms with Crippen LogP contribution in [0.1, 0.15) is 45.1 Å². The van der Waals surface area contributed by atoms with Crippen LogP contribution in [0.2, 0.25) is 0 Å². The van der Waals surface area contributed by atoms with Gasteiger partial charge < -0.3 is 9.47 Å². The second-order valence-corrected chi connectivity index (χ2v) is 9.38. The molecule has 0 saturated carbocycles. The van der Waals surface area contributed by atoms with Crippen LogP contribution in [-0.4, -0.2) is 35.3 Å². The summed E-state index contributed by atoms with van der Waals surface area (Å²) >= 11 is 1.13. The van der Waals surface area contributed by atoms with E-state index in [-0.39, 0.29) is 24.3 Å². The van der Waals surface area contributed by atoms with Crippen LogP contribution in [0.3, 0.4) is 0 Å². The van der Waals surface area contributed by atoms with Gasteiger partial charge in [-0.2, -0.15) is 5.10 Å². The topological polar surface area (TPSA) is 115 Å². The maximum atomic E-state index is 12.4. The van der Waals surface area contributed by atoms with Gasteiger partial charge in [0.15, 0.2) is 11.5 Å². The Bertz CT molecular complexity index is 1440. The molecule has 4 rings (SSSR count). The van der Waals surface area contributed by atoms with Crippen molar-refractivity contribution in [3.63, 3.8) is 0 Å². The molecule has 0 aliphatic carbocycles. The molecule has 1 unspecified atom stereocenters. The molecule has 1 heterocycles. The summed E-state index contributed by atoms with van der Waals surface area (Å²) in [6.07, 6.45) is 1.34. The molecule has 2 amide bonds. The van der Waals surface area contributed by atoms with Crippen LogP contribution in [0.15, 0.2) is 77.9 Å². The van der Waals surface area contributed by atoms with Gasteiger partial charge in [-0.3, -0.25) is 14.9 Å². The van der Waals surface area contributed by atoms with E-state index in [1.807, 2.05) is 62.4 Å². The molecule has 0 fully saturated rings. The number of nitrogens with zero attached hydrogens (tertiary/aromatic N) is 3. The van der Waals surface area contributed by atoms with E-state index >= 15 is 0 Å². The van der Waals surface area contributed by atoms with Gasteiger partial charge in [-0.05, 0) is 54.8 Å². The summed E-state index contributed by atoms with van der Waals surface area (Å²) in [7, 11) is 1.57. The molecule has 194 valence electrons. The molecule has 0 bridgehead atoms. The fourth-order valence-electron chi connectivity index (χ4n) is 3.57. The van der Waals surface area contributed by atoms with E-state index in [0.29, 0.717) is 27.2 Å². The molecular formula is C28H27N5O4S. The number of aryl methyl sites for hydroxylation is 1. The first kappa shape index (κ1) is 26.5. The van der Waals surface area contributed by atoms with E-state index in [1.54, 1.807) is 31.4 Å². The van der Waals surface area contributed by atoms with Crippen molar-refractivity contribution in [2.75, 3.05) is 12.4 Å². The molecule has 9 nitrogen and oxygen atoms in total. The smallest absolute Gasteiger partial charge is 0.257 e. The molecule has 3 aromatic carbocycles. The number of aromatic nitrogens is 2. The standard InChI is InChI=1S/C28H27N5O4S/c1-18-9-7-8-12-22(18)27(35)30-28-33-32-26(38-28)16-25(34)31-29-17-20-13-14-23(24(15-20)36-3)37-19(2)21-10-5-4-6-11-21/h4-15,17,19H,16H2,1-3H3,(H,31,34)(H,30,33,35). The van der Waals surface area contributed by atoms with Gasteiger partial charge in [0.05, 0.1) is 19.7 Å². The summed E-state index contributed by atoms with van der Waals surface area (Å²) in [4.78, 5) is 24.8. The number of amides is 2. The first-order valence-corrected chi connectivity index (χ1v) is 12.7. The van der Waals surface area contributed by atoms with Gasteiger partial charge in [0.2, 0.25) is 11.0 Å². The number of anilines is 1. The molecule has 1 aromatic heterocycles. The molecule has 1 atom stereocenters. The number of ether oxygens (including phenoxy) is 2. The monoisotopic (exact) mass is 529 g/mol. The number of benzene rings is 3. The van der Waals surface area contributed by atoms with Crippen LogP contribution >= 0.6 is 11.3 Å². The maximum absolute atomic E-state index is 12.4. The van der Waals surface area contributed by atoms with E-state index in [1.165, 1.54) is 6.21 Å². The van der Waals surface area contributed by atoms with E-state index in [0.717, 1.165) is 28.0 Å². The SMILES string of the molecule is COc1cc(C=NNC(=O)Cc2nnc(NC(=O)c3ccccc3C)s2)ccc1OC(C)c1ccccc1. The predicted octanol–water partition coefficient (Wildman–Crippen LogP) is 4.94. The van der Waals surface area contributed by atoms with E-state index in [2.05, 4.69) is 26.0 Å². The van der Waals surface area contributed by atoms with Crippen molar-refractivity contribution < 1.29 is 19.1 Å². The average molecular weight is 530 g/mol. The van der Waals surface area contributed by atoms with E-state index in [4.69, 9.17) is 9.47 Å². The lowest BCUT2D eigenvalue weighted by Crippen LogP contribution is -2.19. The Morgan fingerprint density at radius 3 is 2.55 bits per heavy atom. The quantitative estimate of drug-likeness (QED) is 0.222. The molecular weight excluding hydrogens is 502 g/mol. The van der Waals surface area contributed by atoms with Crippen molar-refractivity contribution in [1.29, 1.82) is 0 Å². The predicted molar refractivity (Wildman–Crippen MR) is 147 cm³/mol. The van der Waals surface area contributed by atoms with Gasteiger partial charge in [0.25, 0.3) is 5.91 Å². The minimum atomic E-state index is -0.363. The lowest BCUT2D eigenvalue weighted by atomic mass is 10.1. The normalized spacial score (nSPS) is 11.7. The summed E-state index contributed by atoms with van der Waals surface area (Å²) in [5.74, 6) is 0.517. The van der Waals surface area contributed by atoms with E-state index in [9.17, 15) is 9.59 Å².